The van der Waals surface area contributed by atoms with Gasteiger partial charge in [-0.1, -0.05) is 11.8 Å². The van der Waals surface area contributed by atoms with Gasteiger partial charge < -0.3 is 10.4 Å². The number of amides is 1. The second kappa shape index (κ2) is 6.84. The third-order valence-electron chi connectivity index (χ3n) is 1.84. The molecule has 0 spiro atoms. The van der Waals surface area contributed by atoms with Crippen LogP contribution in [-0.4, -0.2) is 50.0 Å². The molecule has 0 radical (unpaired) electrons. The summed E-state index contributed by atoms with van der Waals surface area (Å²) in [6, 6.07) is 0. The molecule has 2 N–H and O–H groups in total. The molecular formula is C8H13N5O3S. The molecule has 1 aromatic rings. The van der Waals surface area contributed by atoms with Crippen LogP contribution in [-0.2, 0) is 16.1 Å². The van der Waals surface area contributed by atoms with Gasteiger partial charge in [-0.05, 0) is 16.8 Å². The first kappa shape index (κ1) is 13.4. The average Bonchev–Trinajstić information content (AvgIpc) is 2.70. The maximum atomic E-state index is 10.9. The highest BCUT2D eigenvalue weighted by atomic mass is 32.2. The molecule has 0 aliphatic heterocycles. The van der Waals surface area contributed by atoms with Crippen LogP contribution in [0.2, 0.25) is 0 Å². The zero-order valence-corrected chi connectivity index (χ0v) is 10.1. The summed E-state index contributed by atoms with van der Waals surface area (Å²) in [4.78, 5) is 21.4. The second-order valence-corrected chi connectivity index (χ2v) is 4.20. The van der Waals surface area contributed by atoms with Crippen LogP contribution in [0.25, 0.3) is 0 Å². The Balaban J connectivity index is 2.34. The Labute approximate surface area is 102 Å². The number of carbonyl (C=O) groups excluding carboxylic acids is 1. The van der Waals surface area contributed by atoms with E-state index in [4.69, 9.17) is 5.11 Å². The van der Waals surface area contributed by atoms with Crippen LogP contribution in [0.1, 0.15) is 12.8 Å². The lowest BCUT2D eigenvalue weighted by molar-refractivity contribution is -0.138. The predicted octanol–water partition coefficient (Wildman–Crippen LogP) is -0.624. The molecule has 0 bridgehead atoms. The Morgan fingerprint density at radius 1 is 1.53 bits per heavy atom. The van der Waals surface area contributed by atoms with E-state index < -0.39 is 5.97 Å². The van der Waals surface area contributed by atoms with E-state index in [1.54, 1.807) is 7.05 Å². The van der Waals surface area contributed by atoms with Crippen LogP contribution < -0.4 is 5.32 Å². The van der Waals surface area contributed by atoms with E-state index in [9.17, 15) is 9.59 Å². The fraction of sp³-hybridized carbons (Fsp3) is 0.625. The van der Waals surface area contributed by atoms with Crippen molar-refractivity contribution in [1.82, 2.24) is 25.5 Å². The van der Waals surface area contributed by atoms with Crippen molar-refractivity contribution in [3.05, 3.63) is 0 Å². The summed E-state index contributed by atoms with van der Waals surface area (Å²) in [5, 5.41) is 22.3. The average molecular weight is 259 g/mol. The number of nitrogens with zero attached hydrogens (tertiary/aromatic N) is 4. The minimum atomic E-state index is -0.996. The summed E-state index contributed by atoms with van der Waals surface area (Å²) < 4.78 is 1.22. The second-order valence-electron chi connectivity index (χ2n) is 3.14. The molecule has 0 aromatic carbocycles. The van der Waals surface area contributed by atoms with Crippen LogP contribution in [0.15, 0.2) is 5.16 Å². The van der Waals surface area contributed by atoms with Gasteiger partial charge in [0, 0.05) is 19.2 Å². The summed E-state index contributed by atoms with van der Waals surface area (Å²) in [5.41, 5.74) is 0. The van der Waals surface area contributed by atoms with E-state index in [0.717, 1.165) is 0 Å². The highest BCUT2D eigenvalue weighted by Gasteiger charge is 2.09. The van der Waals surface area contributed by atoms with Gasteiger partial charge in [-0.2, -0.15) is 0 Å². The lowest BCUT2D eigenvalue weighted by Crippen LogP contribution is -2.17. The first-order chi connectivity index (χ1) is 8.13. The van der Waals surface area contributed by atoms with Gasteiger partial charge in [0.05, 0.1) is 0 Å². The summed E-state index contributed by atoms with van der Waals surface area (Å²) >= 11 is 1.33. The van der Waals surface area contributed by atoms with E-state index in [1.165, 1.54) is 16.4 Å². The lowest BCUT2D eigenvalue weighted by Gasteiger charge is -2.01. The molecule has 1 aromatic heterocycles. The van der Waals surface area contributed by atoms with Crippen LogP contribution in [0.4, 0.5) is 0 Å². The van der Waals surface area contributed by atoms with Crippen LogP contribution >= 0.6 is 11.8 Å². The van der Waals surface area contributed by atoms with Gasteiger partial charge in [-0.15, -0.1) is 5.10 Å². The molecule has 0 atom stereocenters. The quantitative estimate of drug-likeness (QED) is 0.495. The number of nitrogens with one attached hydrogen (secondary N) is 1. The van der Waals surface area contributed by atoms with E-state index in [2.05, 4.69) is 20.8 Å². The fourth-order valence-electron chi connectivity index (χ4n) is 1.05. The molecule has 0 aliphatic rings. The van der Waals surface area contributed by atoms with Crippen molar-refractivity contribution < 1.29 is 14.7 Å². The maximum Gasteiger partial charge on any atom is 0.325 e. The summed E-state index contributed by atoms with van der Waals surface area (Å²) in [7, 11) is 1.59. The molecule has 9 heteroatoms. The molecule has 0 aliphatic carbocycles. The van der Waals surface area contributed by atoms with Crippen molar-refractivity contribution >= 4 is 23.6 Å². The number of hydrogen-bond donors (Lipinski definition) is 2. The van der Waals surface area contributed by atoms with E-state index in [0.29, 0.717) is 23.8 Å². The Morgan fingerprint density at radius 3 is 2.94 bits per heavy atom. The van der Waals surface area contributed by atoms with E-state index >= 15 is 0 Å². The molecule has 17 heavy (non-hydrogen) atoms. The monoisotopic (exact) mass is 259 g/mol. The van der Waals surface area contributed by atoms with Gasteiger partial charge >= 0.3 is 5.97 Å². The van der Waals surface area contributed by atoms with Crippen molar-refractivity contribution in [2.45, 2.75) is 24.5 Å². The number of hydrogen-bond acceptors (Lipinski definition) is 6. The molecule has 0 unspecified atom stereocenters. The van der Waals surface area contributed by atoms with Gasteiger partial charge in [0.2, 0.25) is 11.1 Å². The SMILES string of the molecule is CNC(=O)CCCSc1nnnn1CC(=O)O. The Kier molecular flexibility index (Phi) is 5.40. The van der Waals surface area contributed by atoms with Gasteiger partial charge in [0.25, 0.3) is 0 Å². The molecule has 8 nitrogen and oxygen atoms in total. The summed E-state index contributed by atoms with van der Waals surface area (Å²) in [6.45, 7) is -0.259. The smallest absolute Gasteiger partial charge is 0.325 e. The first-order valence-corrected chi connectivity index (χ1v) is 5.93. The van der Waals surface area contributed by atoms with Crippen molar-refractivity contribution in [3.8, 4) is 0 Å². The van der Waals surface area contributed by atoms with Crippen LogP contribution in [0.3, 0.4) is 0 Å². The number of aliphatic carboxylic acids is 1. The van der Waals surface area contributed by atoms with Crippen LogP contribution in [0, 0.1) is 0 Å². The molecule has 0 fully saturated rings. The molecule has 0 saturated heterocycles. The number of carboxylic acids is 1. The standard InChI is InChI=1S/C8H13N5O3S/c1-9-6(14)3-2-4-17-8-10-11-12-13(8)5-7(15)16/h2-5H2,1H3,(H,9,14)(H,15,16). The third kappa shape index (κ3) is 4.81. The highest BCUT2D eigenvalue weighted by molar-refractivity contribution is 7.99. The largest absolute Gasteiger partial charge is 0.480 e. The van der Waals surface area contributed by atoms with Crippen molar-refractivity contribution in [2.24, 2.45) is 0 Å². The van der Waals surface area contributed by atoms with E-state index in [1.807, 2.05) is 0 Å². The highest BCUT2D eigenvalue weighted by Crippen LogP contribution is 2.15. The minimum absolute atomic E-state index is 0.0178. The van der Waals surface area contributed by atoms with Gasteiger partial charge in [0.1, 0.15) is 6.54 Å². The van der Waals surface area contributed by atoms with Gasteiger partial charge in [-0.3, -0.25) is 9.59 Å². The lowest BCUT2D eigenvalue weighted by atomic mass is 10.3. The predicted molar refractivity (Wildman–Crippen MR) is 59.5 cm³/mol. The topological polar surface area (TPSA) is 110 Å². The molecule has 1 heterocycles. The zero-order chi connectivity index (χ0) is 12.7. The number of aromatic nitrogens is 4. The van der Waals surface area contributed by atoms with Gasteiger partial charge in [-0.25, -0.2) is 4.68 Å². The summed E-state index contributed by atoms with van der Waals surface area (Å²) in [5.74, 6) is -0.354. The Bertz CT molecular complexity index is 394. The number of thioether (sulfide) groups is 1. The molecule has 94 valence electrons. The molecule has 1 rings (SSSR count). The van der Waals surface area contributed by atoms with Crippen molar-refractivity contribution in [1.29, 1.82) is 0 Å². The molecule has 1 amide bonds. The number of rotatable bonds is 7. The minimum Gasteiger partial charge on any atom is -0.480 e. The van der Waals surface area contributed by atoms with Crippen LogP contribution in [0.5, 0.6) is 0 Å². The fourth-order valence-corrected chi connectivity index (χ4v) is 1.86. The Morgan fingerprint density at radius 2 is 2.29 bits per heavy atom. The summed E-state index contributed by atoms with van der Waals surface area (Å²) in [6.07, 6.45) is 1.12. The third-order valence-corrected chi connectivity index (χ3v) is 2.89. The number of tetrazole rings is 1. The zero-order valence-electron chi connectivity index (χ0n) is 9.29. The maximum absolute atomic E-state index is 10.9. The number of carboxylic acid groups (broad SMARTS) is 1. The normalized spacial score (nSPS) is 10.2. The van der Waals surface area contributed by atoms with Crippen molar-refractivity contribution in [2.75, 3.05) is 12.8 Å². The first-order valence-electron chi connectivity index (χ1n) is 4.95. The van der Waals surface area contributed by atoms with Gasteiger partial charge in [0.15, 0.2) is 0 Å². The molecule has 0 saturated carbocycles. The number of carbonyl (C=O) groups is 2. The van der Waals surface area contributed by atoms with E-state index in [-0.39, 0.29) is 12.5 Å². The molecular weight excluding hydrogens is 246 g/mol. The van der Waals surface area contributed by atoms with Crippen molar-refractivity contribution in [3.63, 3.8) is 0 Å². The Hall–Kier alpha value is -1.64.